The van der Waals surface area contributed by atoms with Gasteiger partial charge in [0, 0.05) is 29.8 Å². The number of hydrogen-bond acceptors (Lipinski definition) is 5. The number of pyridine rings is 1. The van der Waals surface area contributed by atoms with Crippen molar-refractivity contribution in [1.82, 2.24) is 19.7 Å². The highest BCUT2D eigenvalue weighted by Crippen LogP contribution is 2.41. The predicted octanol–water partition coefficient (Wildman–Crippen LogP) is 3.50. The van der Waals surface area contributed by atoms with Gasteiger partial charge in [0.1, 0.15) is 0 Å². The van der Waals surface area contributed by atoms with Gasteiger partial charge in [0.05, 0.1) is 6.10 Å². The maximum absolute atomic E-state index is 10.4. The number of benzene rings is 1. The van der Waals surface area contributed by atoms with Gasteiger partial charge in [-0.2, -0.15) is 0 Å². The Kier molecular flexibility index (Phi) is 4.32. The monoisotopic (exact) mass is 338 g/mol. The zero-order valence-electron chi connectivity index (χ0n) is 13.1. The molecule has 0 radical (unpaired) electrons. The van der Waals surface area contributed by atoms with Crippen LogP contribution in [-0.2, 0) is 0 Å². The lowest BCUT2D eigenvalue weighted by molar-refractivity contribution is 0.204. The summed E-state index contributed by atoms with van der Waals surface area (Å²) in [5, 5.41) is 20.0. The molecule has 0 saturated heterocycles. The number of aliphatic hydroxyl groups is 1. The number of nitrogens with zero attached hydrogens (tertiary/aromatic N) is 4. The van der Waals surface area contributed by atoms with E-state index in [-0.39, 0.29) is 0 Å². The maximum Gasteiger partial charge on any atom is 0.191 e. The van der Waals surface area contributed by atoms with Crippen molar-refractivity contribution >= 4 is 11.8 Å². The molecule has 1 fully saturated rings. The lowest BCUT2D eigenvalue weighted by atomic mass is 10.1. The molecule has 24 heavy (non-hydrogen) atoms. The maximum atomic E-state index is 10.4. The van der Waals surface area contributed by atoms with Gasteiger partial charge in [-0.3, -0.25) is 9.55 Å². The van der Waals surface area contributed by atoms with Crippen LogP contribution in [0.4, 0.5) is 0 Å². The molecule has 4 rings (SSSR count). The average Bonchev–Trinajstić information content (AvgIpc) is 3.40. The number of thioether (sulfide) groups is 1. The average molecular weight is 338 g/mol. The molecule has 5 nitrogen and oxygen atoms in total. The van der Waals surface area contributed by atoms with E-state index in [9.17, 15) is 5.11 Å². The largest absolute Gasteiger partial charge is 0.388 e. The van der Waals surface area contributed by atoms with E-state index < -0.39 is 6.10 Å². The van der Waals surface area contributed by atoms with Crippen LogP contribution >= 0.6 is 11.8 Å². The van der Waals surface area contributed by atoms with E-state index in [0.717, 1.165) is 34.9 Å². The number of rotatable bonds is 6. The van der Waals surface area contributed by atoms with Gasteiger partial charge in [-0.1, -0.05) is 42.1 Å². The third kappa shape index (κ3) is 3.20. The van der Waals surface area contributed by atoms with E-state index in [1.807, 2.05) is 48.7 Å². The van der Waals surface area contributed by atoms with Crippen molar-refractivity contribution in [2.45, 2.75) is 30.1 Å². The van der Waals surface area contributed by atoms with Gasteiger partial charge in [-0.15, -0.1) is 10.2 Å². The Morgan fingerprint density at radius 2 is 1.96 bits per heavy atom. The molecule has 1 aliphatic rings. The fraction of sp³-hybridized carbons (Fsp3) is 0.278. The Morgan fingerprint density at radius 1 is 1.12 bits per heavy atom. The van der Waals surface area contributed by atoms with Crippen LogP contribution in [-0.4, -0.2) is 30.6 Å². The molecule has 1 N–H and O–H groups in total. The molecule has 3 aromatic rings. The van der Waals surface area contributed by atoms with Crippen LogP contribution in [0.1, 0.15) is 30.6 Å². The topological polar surface area (TPSA) is 63.8 Å². The summed E-state index contributed by atoms with van der Waals surface area (Å²) in [5.41, 5.74) is 1.90. The highest BCUT2D eigenvalue weighted by molar-refractivity contribution is 7.99. The second-order valence-electron chi connectivity index (χ2n) is 5.89. The smallest absolute Gasteiger partial charge is 0.191 e. The molecule has 0 aliphatic heterocycles. The van der Waals surface area contributed by atoms with E-state index >= 15 is 0 Å². The molecule has 2 heterocycles. The van der Waals surface area contributed by atoms with Gasteiger partial charge in [-0.25, -0.2) is 0 Å². The molecule has 0 bridgehead atoms. The number of hydrogen-bond donors (Lipinski definition) is 1. The summed E-state index contributed by atoms with van der Waals surface area (Å²) in [6.07, 6.45) is 5.37. The summed E-state index contributed by atoms with van der Waals surface area (Å²) >= 11 is 1.55. The first-order chi connectivity index (χ1) is 11.8. The number of aromatic nitrogens is 4. The van der Waals surface area contributed by atoms with Crippen LogP contribution in [0.2, 0.25) is 0 Å². The van der Waals surface area contributed by atoms with Gasteiger partial charge in [0.15, 0.2) is 11.0 Å². The second kappa shape index (κ2) is 6.75. The van der Waals surface area contributed by atoms with Crippen molar-refractivity contribution in [3.63, 3.8) is 0 Å². The summed E-state index contributed by atoms with van der Waals surface area (Å²) in [4.78, 5) is 4.18. The molecule has 0 amide bonds. The Labute approximate surface area is 144 Å². The van der Waals surface area contributed by atoms with Gasteiger partial charge in [-0.05, 0) is 30.5 Å². The SMILES string of the molecule is OC(CSc1nnc(-c2cccnc2)n1C1CC1)c1ccccc1. The number of aliphatic hydroxyl groups excluding tert-OH is 1. The van der Waals surface area contributed by atoms with Gasteiger partial charge >= 0.3 is 0 Å². The van der Waals surface area contributed by atoms with Crippen molar-refractivity contribution < 1.29 is 5.11 Å². The van der Waals surface area contributed by atoms with E-state index in [1.165, 1.54) is 0 Å². The lowest BCUT2D eigenvalue weighted by Crippen LogP contribution is -2.04. The molecule has 1 aromatic carbocycles. The molecule has 0 spiro atoms. The minimum atomic E-state index is -0.512. The highest BCUT2D eigenvalue weighted by Gasteiger charge is 2.30. The molecule has 1 saturated carbocycles. The second-order valence-corrected chi connectivity index (χ2v) is 6.87. The summed E-state index contributed by atoms with van der Waals surface area (Å²) < 4.78 is 2.19. The minimum absolute atomic E-state index is 0.464. The van der Waals surface area contributed by atoms with Crippen LogP contribution in [0.5, 0.6) is 0 Å². The normalized spacial score (nSPS) is 15.4. The molecular formula is C18H18N4OS. The lowest BCUT2D eigenvalue weighted by Gasteiger charge is -2.12. The molecule has 6 heteroatoms. The van der Waals surface area contributed by atoms with Crippen LogP contribution in [0.15, 0.2) is 60.0 Å². The first-order valence-electron chi connectivity index (χ1n) is 8.04. The highest BCUT2D eigenvalue weighted by atomic mass is 32.2. The zero-order chi connectivity index (χ0) is 16.4. The third-order valence-electron chi connectivity index (χ3n) is 4.05. The summed E-state index contributed by atoms with van der Waals surface area (Å²) in [6.45, 7) is 0. The fourth-order valence-corrected chi connectivity index (χ4v) is 3.63. The Balaban J connectivity index is 1.55. The third-order valence-corrected chi connectivity index (χ3v) is 5.07. The van der Waals surface area contributed by atoms with Crippen molar-refractivity contribution in [3.8, 4) is 11.4 Å². The van der Waals surface area contributed by atoms with Crippen LogP contribution in [0, 0.1) is 0 Å². The van der Waals surface area contributed by atoms with Crippen molar-refractivity contribution in [1.29, 1.82) is 0 Å². The van der Waals surface area contributed by atoms with Gasteiger partial charge in [0.2, 0.25) is 0 Å². The van der Waals surface area contributed by atoms with Crippen molar-refractivity contribution in [3.05, 3.63) is 60.4 Å². The Bertz CT molecular complexity index is 802. The summed E-state index contributed by atoms with van der Waals surface area (Å²) in [5.74, 6) is 1.42. The van der Waals surface area contributed by atoms with Gasteiger partial charge < -0.3 is 5.11 Å². The van der Waals surface area contributed by atoms with E-state index in [4.69, 9.17) is 0 Å². The van der Waals surface area contributed by atoms with Crippen molar-refractivity contribution in [2.24, 2.45) is 0 Å². The van der Waals surface area contributed by atoms with Crippen LogP contribution in [0.25, 0.3) is 11.4 Å². The first kappa shape index (κ1) is 15.4. The van der Waals surface area contributed by atoms with Crippen LogP contribution < -0.4 is 0 Å². The first-order valence-corrected chi connectivity index (χ1v) is 9.02. The minimum Gasteiger partial charge on any atom is -0.388 e. The molecule has 1 atom stereocenters. The van der Waals surface area contributed by atoms with Gasteiger partial charge in [0.25, 0.3) is 0 Å². The van der Waals surface area contributed by atoms with E-state index in [0.29, 0.717) is 11.8 Å². The molecule has 122 valence electrons. The summed E-state index contributed by atoms with van der Waals surface area (Å²) in [6, 6.07) is 14.1. The molecule has 1 unspecified atom stereocenters. The quantitative estimate of drug-likeness (QED) is 0.697. The van der Waals surface area contributed by atoms with Crippen molar-refractivity contribution in [2.75, 3.05) is 5.75 Å². The molecule has 1 aliphatic carbocycles. The standard InChI is InChI=1S/C18H18N4OS/c23-16(13-5-2-1-3-6-13)12-24-18-21-20-17(22(18)15-8-9-15)14-7-4-10-19-11-14/h1-7,10-11,15-16,23H,8-9,12H2. The van der Waals surface area contributed by atoms with Crippen LogP contribution in [0.3, 0.4) is 0 Å². The van der Waals surface area contributed by atoms with E-state index in [1.54, 1.807) is 18.0 Å². The molecule has 2 aromatic heterocycles. The van der Waals surface area contributed by atoms with E-state index in [2.05, 4.69) is 19.7 Å². The Morgan fingerprint density at radius 3 is 2.67 bits per heavy atom. The summed E-state index contributed by atoms with van der Waals surface area (Å²) in [7, 11) is 0. The fourth-order valence-electron chi connectivity index (χ4n) is 2.65. The predicted molar refractivity (Wildman–Crippen MR) is 93.6 cm³/mol. The Hall–Kier alpha value is -2.18. The molecular weight excluding hydrogens is 320 g/mol. The zero-order valence-corrected chi connectivity index (χ0v) is 13.9.